The number of fused-ring (bicyclic) bond motifs is 1. The molecule has 1 aliphatic rings. The summed E-state index contributed by atoms with van der Waals surface area (Å²) in [7, 11) is 0. The fourth-order valence-corrected chi connectivity index (χ4v) is 2.45. The summed E-state index contributed by atoms with van der Waals surface area (Å²) in [4.78, 5) is 23.8. The predicted molar refractivity (Wildman–Crippen MR) is 91.8 cm³/mol. The monoisotopic (exact) mass is 341 g/mol. The molecule has 2 aromatic carbocycles. The molecule has 25 heavy (non-hydrogen) atoms. The molecule has 6 nitrogen and oxygen atoms in total. The number of ether oxygens (including phenoxy) is 3. The van der Waals surface area contributed by atoms with Crippen LogP contribution in [0.4, 0.5) is 5.69 Å². The first kappa shape index (κ1) is 16.8. The van der Waals surface area contributed by atoms with E-state index in [-0.39, 0.29) is 19.8 Å². The van der Waals surface area contributed by atoms with Crippen LogP contribution < -0.4 is 14.8 Å². The highest BCUT2D eigenvalue weighted by Crippen LogP contribution is 2.34. The first-order valence-corrected chi connectivity index (χ1v) is 7.92. The molecule has 2 aromatic rings. The zero-order valence-corrected chi connectivity index (χ0v) is 14.1. The Morgan fingerprint density at radius 2 is 1.84 bits per heavy atom. The van der Waals surface area contributed by atoms with E-state index in [0.29, 0.717) is 17.2 Å². The minimum atomic E-state index is -0.441. The van der Waals surface area contributed by atoms with Crippen LogP contribution in [0.3, 0.4) is 0 Å². The van der Waals surface area contributed by atoms with Crippen LogP contribution in [-0.4, -0.2) is 25.3 Å². The van der Waals surface area contributed by atoms with Crippen LogP contribution in [0.15, 0.2) is 36.4 Å². The second kappa shape index (κ2) is 7.25. The van der Waals surface area contributed by atoms with Gasteiger partial charge in [0.15, 0.2) is 18.1 Å². The summed E-state index contributed by atoms with van der Waals surface area (Å²) in [5, 5.41) is 2.66. The van der Waals surface area contributed by atoms with Crippen molar-refractivity contribution in [2.45, 2.75) is 20.3 Å². The lowest BCUT2D eigenvalue weighted by molar-refractivity contribution is -0.146. The van der Waals surface area contributed by atoms with E-state index in [1.807, 2.05) is 32.0 Å². The minimum absolute atomic E-state index is 0.137. The number of hydrogen-bond acceptors (Lipinski definition) is 5. The van der Waals surface area contributed by atoms with E-state index in [2.05, 4.69) is 5.32 Å². The molecule has 0 aromatic heterocycles. The van der Waals surface area contributed by atoms with E-state index in [9.17, 15) is 9.59 Å². The number of nitrogens with one attached hydrogen (secondary N) is 1. The number of carbonyl (C=O) groups excluding carboxylic acids is 2. The molecule has 0 bridgehead atoms. The molecule has 1 amide bonds. The van der Waals surface area contributed by atoms with E-state index >= 15 is 0 Å². The van der Waals surface area contributed by atoms with E-state index < -0.39 is 11.9 Å². The maximum absolute atomic E-state index is 11.9. The molecule has 1 N–H and O–H groups in total. The summed E-state index contributed by atoms with van der Waals surface area (Å²) >= 11 is 0. The Morgan fingerprint density at radius 3 is 2.64 bits per heavy atom. The Balaban J connectivity index is 1.48. The lowest BCUT2D eigenvalue weighted by Gasteiger charge is -2.08. The summed E-state index contributed by atoms with van der Waals surface area (Å²) in [5.74, 6) is 0.360. The van der Waals surface area contributed by atoms with Crippen LogP contribution in [0.25, 0.3) is 0 Å². The summed E-state index contributed by atoms with van der Waals surface area (Å²) < 4.78 is 15.5. The van der Waals surface area contributed by atoms with Crippen LogP contribution >= 0.6 is 0 Å². The Bertz CT molecular complexity index is 815. The minimum Gasteiger partial charge on any atom is -0.455 e. The number of aryl methyl sites for hydroxylation is 2. The smallest absolute Gasteiger partial charge is 0.310 e. The highest BCUT2D eigenvalue weighted by atomic mass is 16.7. The zero-order chi connectivity index (χ0) is 17.8. The molecule has 0 spiro atoms. The van der Waals surface area contributed by atoms with Crippen LogP contribution in [0.2, 0.25) is 0 Å². The molecule has 0 saturated carbocycles. The number of carbonyl (C=O) groups is 2. The first-order valence-electron chi connectivity index (χ1n) is 7.92. The topological polar surface area (TPSA) is 73.9 Å². The molecule has 0 aliphatic carbocycles. The summed E-state index contributed by atoms with van der Waals surface area (Å²) in [6.45, 7) is 3.84. The van der Waals surface area contributed by atoms with Gasteiger partial charge in [-0.25, -0.2) is 0 Å². The van der Waals surface area contributed by atoms with Crippen molar-refractivity contribution in [3.63, 3.8) is 0 Å². The van der Waals surface area contributed by atoms with Crippen molar-refractivity contribution in [2.75, 3.05) is 18.7 Å². The van der Waals surface area contributed by atoms with Crippen molar-refractivity contribution in [1.29, 1.82) is 0 Å². The summed E-state index contributed by atoms with van der Waals surface area (Å²) in [5.41, 5.74) is 3.70. The quantitative estimate of drug-likeness (QED) is 0.847. The molecule has 0 atom stereocenters. The molecule has 0 saturated heterocycles. The molecule has 3 rings (SSSR count). The van der Waals surface area contributed by atoms with Gasteiger partial charge in [0.05, 0.1) is 6.42 Å². The fourth-order valence-electron chi connectivity index (χ4n) is 2.45. The Morgan fingerprint density at radius 1 is 1.04 bits per heavy atom. The van der Waals surface area contributed by atoms with Crippen LogP contribution in [0.1, 0.15) is 16.7 Å². The molecule has 130 valence electrons. The SMILES string of the molecule is Cc1ccc(CC(=O)OCC(=O)Nc2ccc3c(c2)OCO3)cc1C. The van der Waals surface area contributed by atoms with Crippen LogP contribution in [0, 0.1) is 13.8 Å². The van der Waals surface area contributed by atoms with Crippen molar-refractivity contribution in [3.8, 4) is 11.5 Å². The standard InChI is InChI=1S/C19H19NO5/c1-12-3-4-14(7-13(12)2)8-19(22)23-10-18(21)20-15-5-6-16-17(9-15)25-11-24-16/h3-7,9H,8,10-11H2,1-2H3,(H,20,21). The molecule has 1 aliphatic heterocycles. The van der Waals surface area contributed by atoms with Crippen molar-refractivity contribution in [1.82, 2.24) is 0 Å². The average Bonchev–Trinajstić information content (AvgIpc) is 3.04. The van der Waals surface area contributed by atoms with Gasteiger partial charge in [-0.2, -0.15) is 0 Å². The zero-order valence-electron chi connectivity index (χ0n) is 14.1. The Labute approximate surface area is 145 Å². The van der Waals surface area contributed by atoms with Crippen molar-refractivity contribution in [3.05, 3.63) is 53.1 Å². The van der Waals surface area contributed by atoms with Gasteiger partial charge in [0, 0.05) is 11.8 Å². The van der Waals surface area contributed by atoms with Crippen LogP contribution in [0.5, 0.6) is 11.5 Å². The Kier molecular flexibility index (Phi) is 4.88. The maximum Gasteiger partial charge on any atom is 0.310 e. The number of anilines is 1. The largest absolute Gasteiger partial charge is 0.455 e. The van der Waals surface area contributed by atoms with E-state index in [4.69, 9.17) is 14.2 Å². The highest BCUT2D eigenvalue weighted by Gasteiger charge is 2.15. The van der Waals surface area contributed by atoms with Crippen molar-refractivity contribution in [2.24, 2.45) is 0 Å². The summed E-state index contributed by atoms with van der Waals surface area (Å²) in [6.07, 6.45) is 0.137. The van der Waals surface area contributed by atoms with Crippen molar-refractivity contribution < 1.29 is 23.8 Å². The molecule has 1 heterocycles. The second-order valence-electron chi connectivity index (χ2n) is 5.87. The first-order chi connectivity index (χ1) is 12.0. The van der Waals surface area contributed by atoms with Gasteiger partial charge in [-0.15, -0.1) is 0 Å². The molecule has 0 unspecified atom stereocenters. The number of esters is 1. The van der Waals surface area contributed by atoms with Gasteiger partial charge >= 0.3 is 5.97 Å². The molecule has 0 fully saturated rings. The predicted octanol–water partition coefficient (Wildman–Crippen LogP) is 2.76. The number of rotatable bonds is 5. The van der Waals surface area contributed by atoms with Gasteiger partial charge in [-0.05, 0) is 42.7 Å². The molecular weight excluding hydrogens is 322 g/mol. The normalized spacial score (nSPS) is 11.9. The lowest BCUT2D eigenvalue weighted by atomic mass is 10.0. The van der Waals surface area contributed by atoms with Gasteiger partial charge in [-0.1, -0.05) is 18.2 Å². The third-order valence-corrected chi connectivity index (χ3v) is 3.94. The summed E-state index contributed by atoms with van der Waals surface area (Å²) in [6, 6.07) is 10.9. The highest BCUT2D eigenvalue weighted by molar-refractivity contribution is 5.93. The lowest BCUT2D eigenvalue weighted by Crippen LogP contribution is -2.21. The fraction of sp³-hybridized carbons (Fsp3) is 0.263. The molecule has 6 heteroatoms. The third-order valence-electron chi connectivity index (χ3n) is 3.94. The van der Waals surface area contributed by atoms with Gasteiger partial charge in [0.25, 0.3) is 5.91 Å². The van der Waals surface area contributed by atoms with E-state index in [1.54, 1.807) is 18.2 Å². The number of amides is 1. The third kappa shape index (κ3) is 4.29. The second-order valence-corrected chi connectivity index (χ2v) is 5.87. The van der Waals surface area contributed by atoms with E-state index in [0.717, 1.165) is 11.1 Å². The maximum atomic E-state index is 11.9. The van der Waals surface area contributed by atoms with Gasteiger partial charge in [0.1, 0.15) is 0 Å². The van der Waals surface area contributed by atoms with Crippen molar-refractivity contribution >= 4 is 17.6 Å². The Hall–Kier alpha value is -3.02. The van der Waals surface area contributed by atoms with Gasteiger partial charge in [-0.3, -0.25) is 9.59 Å². The number of hydrogen-bond donors (Lipinski definition) is 1. The van der Waals surface area contributed by atoms with Crippen LogP contribution in [-0.2, 0) is 20.7 Å². The van der Waals surface area contributed by atoms with Gasteiger partial charge < -0.3 is 19.5 Å². The van der Waals surface area contributed by atoms with E-state index in [1.165, 1.54) is 5.56 Å². The average molecular weight is 341 g/mol. The van der Waals surface area contributed by atoms with Gasteiger partial charge in [0.2, 0.25) is 6.79 Å². The molecule has 0 radical (unpaired) electrons. The molecular formula is C19H19NO5. The number of benzene rings is 2.